The van der Waals surface area contributed by atoms with Gasteiger partial charge in [0, 0.05) is 17.8 Å². The van der Waals surface area contributed by atoms with Crippen LogP contribution in [0.25, 0.3) is 0 Å². The Kier molecular flexibility index (Phi) is 6.16. The Balaban J connectivity index is 2.17. The minimum Gasteiger partial charge on any atom is -0.395 e. The lowest BCUT2D eigenvalue weighted by molar-refractivity contribution is 0.232. The van der Waals surface area contributed by atoms with E-state index in [0.717, 1.165) is 16.5 Å². The number of rotatable bonds is 7. The van der Waals surface area contributed by atoms with Gasteiger partial charge in [-0.1, -0.05) is 36.9 Å². The lowest BCUT2D eigenvalue weighted by Gasteiger charge is -2.18. The summed E-state index contributed by atoms with van der Waals surface area (Å²) in [5, 5.41) is 20.2. The number of hydrogen-bond donors (Lipinski definition) is 2. The molecule has 0 aliphatic carbocycles. The van der Waals surface area contributed by atoms with Crippen molar-refractivity contribution in [1.82, 2.24) is 15.5 Å². The SMILES string of the molecule is CC(C)NC(CO)CCSc1nncs1. The Bertz CT molecular complexity index is 254. The van der Waals surface area contributed by atoms with Crippen molar-refractivity contribution in [3.05, 3.63) is 5.51 Å². The Morgan fingerprint density at radius 2 is 2.40 bits per heavy atom. The fraction of sp³-hybridized carbons (Fsp3) is 0.778. The van der Waals surface area contributed by atoms with Crippen LogP contribution in [-0.2, 0) is 0 Å². The topological polar surface area (TPSA) is 58.0 Å². The van der Waals surface area contributed by atoms with E-state index in [1.807, 2.05) is 0 Å². The molecule has 0 bridgehead atoms. The van der Waals surface area contributed by atoms with Crippen LogP contribution >= 0.6 is 23.1 Å². The molecule has 4 nitrogen and oxygen atoms in total. The van der Waals surface area contributed by atoms with E-state index in [2.05, 4.69) is 29.4 Å². The van der Waals surface area contributed by atoms with Crippen molar-refractivity contribution in [2.45, 2.75) is 36.7 Å². The Hall–Kier alpha value is -0.170. The zero-order chi connectivity index (χ0) is 11.1. The van der Waals surface area contributed by atoms with Crippen molar-refractivity contribution < 1.29 is 5.11 Å². The normalized spacial score (nSPS) is 13.3. The first-order valence-corrected chi connectivity index (χ1v) is 6.84. The lowest BCUT2D eigenvalue weighted by atomic mass is 10.2. The third kappa shape index (κ3) is 5.46. The molecular formula is C9H17N3OS2. The second kappa shape index (κ2) is 7.16. The highest BCUT2D eigenvalue weighted by atomic mass is 32.2. The predicted octanol–water partition coefficient (Wildman–Crippen LogP) is 1.38. The van der Waals surface area contributed by atoms with Crippen LogP contribution in [-0.4, -0.2) is 39.7 Å². The number of thioether (sulfide) groups is 1. The summed E-state index contributed by atoms with van der Waals surface area (Å²) in [6, 6.07) is 0.596. The molecule has 86 valence electrons. The van der Waals surface area contributed by atoms with Crippen LogP contribution in [0.1, 0.15) is 20.3 Å². The fourth-order valence-corrected chi connectivity index (χ4v) is 2.82. The number of nitrogens with zero attached hydrogens (tertiary/aromatic N) is 2. The van der Waals surface area contributed by atoms with Crippen molar-refractivity contribution in [2.75, 3.05) is 12.4 Å². The summed E-state index contributed by atoms with van der Waals surface area (Å²) in [5.74, 6) is 0.958. The second-order valence-electron chi connectivity index (χ2n) is 3.54. The standard InChI is InChI=1S/C9H17N3OS2/c1-7(2)11-8(5-13)3-4-14-9-12-10-6-15-9/h6-8,11,13H,3-5H2,1-2H3. The molecule has 0 aliphatic rings. The molecule has 1 aromatic heterocycles. The third-order valence-corrected chi connectivity index (χ3v) is 3.71. The smallest absolute Gasteiger partial charge is 0.174 e. The number of aromatic nitrogens is 2. The quantitative estimate of drug-likeness (QED) is 0.713. The molecule has 1 aromatic rings. The monoisotopic (exact) mass is 247 g/mol. The molecule has 6 heteroatoms. The van der Waals surface area contributed by atoms with E-state index in [1.165, 1.54) is 0 Å². The fourth-order valence-electron chi connectivity index (χ4n) is 1.21. The molecule has 0 amide bonds. The van der Waals surface area contributed by atoms with Crippen molar-refractivity contribution in [1.29, 1.82) is 0 Å². The van der Waals surface area contributed by atoms with Crippen molar-refractivity contribution in [2.24, 2.45) is 0 Å². The summed E-state index contributed by atoms with van der Waals surface area (Å²) < 4.78 is 0.997. The molecule has 0 fully saturated rings. The maximum Gasteiger partial charge on any atom is 0.174 e. The highest BCUT2D eigenvalue weighted by Gasteiger charge is 2.08. The molecule has 0 radical (unpaired) electrons. The van der Waals surface area contributed by atoms with Crippen LogP contribution in [0.2, 0.25) is 0 Å². The molecule has 0 aromatic carbocycles. The van der Waals surface area contributed by atoms with Crippen LogP contribution in [0.3, 0.4) is 0 Å². The van der Waals surface area contributed by atoms with Crippen LogP contribution in [0.4, 0.5) is 0 Å². The molecule has 15 heavy (non-hydrogen) atoms. The van der Waals surface area contributed by atoms with Gasteiger partial charge in [0.15, 0.2) is 4.34 Å². The largest absolute Gasteiger partial charge is 0.395 e. The van der Waals surface area contributed by atoms with Gasteiger partial charge in [0.05, 0.1) is 6.61 Å². The van der Waals surface area contributed by atoms with Gasteiger partial charge in [0.25, 0.3) is 0 Å². The zero-order valence-corrected chi connectivity index (χ0v) is 10.6. The van der Waals surface area contributed by atoms with Gasteiger partial charge in [-0.2, -0.15) is 0 Å². The molecular weight excluding hydrogens is 230 g/mol. The molecule has 0 saturated carbocycles. The summed E-state index contributed by atoms with van der Waals surface area (Å²) in [7, 11) is 0. The van der Waals surface area contributed by atoms with Gasteiger partial charge in [-0.25, -0.2) is 0 Å². The number of hydrogen-bond acceptors (Lipinski definition) is 6. The summed E-state index contributed by atoms with van der Waals surface area (Å²) in [4.78, 5) is 0. The molecule has 0 saturated heterocycles. The third-order valence-electron chi connectivity index (χ3n) is 1.82. The van der Waals surface area contributed by atoms with Gasteiger partial charge in [-0.3, -0.25) is 0 Å². The van der Waals surface area contributed by atoms with E-state index < -0.39 is 0 Å². The predicted molar refractivity (Wildman–Crippen MR) is 64.4 cm³/mol. The van der Waals surface area contributed by atoms with Gasteiger partial charge in [-0.05, 0) is 6.42 Å². The van der Waals surface area contributed by atoms with E-state index in [4.69, 9.17) is 5.11 Å². The Morgan fingerprint density at radius 1 is 1.60 bits per heavy atom. The average Bonchev–Trinajstić information content (AvgIpc) is 2.68. The van der Waals surface area contributed by atoms with E-state index in [1.54, 1.807) is 28.6 Å². The van der Waals surface area contributed by atoms with E-state index in [0.29, 0.717) is 6.04 Å². The maximum absolute atomic E-state index is 9.13. The first kappa shape index (κ1) is 12.9. The summed E-state index contributed by atoms with van der Waals surface area (Å²) >= 11 is 3.25. The van der Waals surface area contributed by atoms with E-state index in [-0.39, 0.29) is 12.6 Å². The van der Waals surface area contributed by atoms with Crippen LogP contribution < -0.4 is 5.32 Å². The van der Waals surface area contributed by atoms with Gasteiger partial charge in [0.1, 0.15) is 5.51 Å². The first-order valence-electron chi connectivity index (χ1n) is 4.98. The molecule has 1 heterocycles. The number of aliphatic hydroxyl groups excluding tert-OH is 1. The van der Waals surface area contributed by atoms with Gasteiger partial charge >= 0.3 is 0 Å². The number of nitrogens with one attached hydrogen (secondary N) is 1. The minimum atomic E-state index is 0.186. The van der Waals surface area contributed by atoms with Crippen LogP contribution in [0, 0.1) is 0 Å². The van der Waals surface area contributed by atoms with Crippen molar-refractivity contribution in [3.8, 4) is 0 Å². The molecule has 0 aliphatic heterocycles. The summed E-state index contributed by atoms with van der Waals surface area (Å²) in [6.07, 6.45) is 0.943. The Morgan fingerprint density at radius 3 is 2.93 bits per heavy atom. The van der Waals surface area contributed by atoms with E-state index >= 15 is 0 Å². The molecule has 0 spiro atoms. The summed E-state index contributed by atoms with van der Waals surface area (Å²) in [6.45, 7) is 4.36. The zero-order valence-electron chi connectivity index (χ0n) is 9.01. The van der Waals surface area contributed by atoms with Gasteiger partial charge in [0.2, 0.25) is 0 Å². The van der Waals surface area contributed by atoms with Gasteiger partial charge in [-0.15, -0.1) is 10.2 Å². The minimum absolute atomic E-state index is 0.186. The number of aliphatic hydroxyl groups is 1. The van der Waals surface area contributed by atoms with Crippen molar-refractivity contribution >= 4 is 23.1 Å². The second-order valence-corrected chi connectivity index (χ2v) is 5.72. The molecule has 1 rings (SSSR count). The highest BCUT2D eigenvalue weighted by molar-refractivity contribution is 8.00. The maximum atomic E-state index is 9.13. The first-order chi connectivity index (χ1) is 7.22. The van der Waals surface area contributed by atoms with Crippen LogP contribution in [0.15, 0.2) is 9.85 Å². The summed E-state index contributed by atoms with van der Waals surface area (Å²) in [5.41, 5.74) is 1.73. The van der Waals surface area contributed by atoms with Crippen LogP contribution in [0.5, 0.6) is 0 Å². The van der Waals surface area contributed by atoms with E-state index in [9.17, 15) is 0 Å². The lowest BCUT2D eigenvalue weighted by Crippen LogP contribution is -2.37. The molecule has 1 atom stereocenters. The highest BCUT2D eigenvalue weighted by Crippen LogP contribution is 2.20. The Labute approximate surface area is 98.5 Å². The van der Waals surface area contributed by atoms with Crippen molar-refractivity contribution in [3.63, 3.8) is 0 Å². The van der Waals surface area contributed by atoms with Gasteiger partial charge < -0.3 is 10.4 Å². The average molecular weight is 247 g/mol. The molecule has 2 N–H and O–H groups in total. The molecule has 1 unspecified atom stereocenters.